The molecule has 0 bridgehead atoms. The molecule has 1 saturated carbocycles. The second kappa shape index (κ2) is 6.52. The van der Waals surface area contributed by atoms with Crippen LogP contribution in [0.5, 0.6) is 5.75 Å². The van der Waals surface area contributed by atoms with Crippen LogP contribution in [0.1, 0.15) is 57.1 Å². The first-order valence-electron chi connectivity index (χ1n) is 8.75. The van der Waals surface area contributed by atoms with E-state index in [1.54, 1.807) is 7.11 Å². The molecule has 1 aromatic rings. The van der Waals surface area contributed by atoms with Crippen molar-refractivity contribution in [3.8, 4) is 5.75 Å². The molecule has 1 saturated heterocycles. The van der Waals surface area contributed by atoms with Crippen LogP contribution in [-0.2, 0) is 4.79 Å². The number of ether oxygens (including phenoxy) is 1. The molecule has 0 aromatic heterocycles. The lowest BCUT2D eigenvalue weighted by Gasteiger charge is -2.52. The van der Waals surface area contributed by atoms with Crippen LogP contribution in [0.4, 0.5) is 0 Å². The summed E-state index contributed by atoms with van der Waals surface area (Å²) in [6.07, 6.45) is 5.28. The van der Waals surface area contributed by atoms with Gasteiger partial charge in [0, 0.05) is 18.9 Å². The number of aliphatic hydroxyl groups is 1. The van der Waals surface area contributed by atoms with Crippen molar-refractivity contribution in [2.24, 2.45) is 5.92 Å². The van der Waals surface area contributed by atoms with Gasteiger partial charge in [-0.05, 0) is 37.0 Å². The Hall–Kier alpha value is -1.55. The summed E-state index contributed by atoms with van der Waals surface area (Å²) in [5, 5.41) is 11.1. The monoisotopic (exact) mass is 317 g/mol. The molecule has 0 radical (unpaired) electrons. The van der Waals surface area contributed by atoms with E-state index >= 15 is 0 Å². The van der Waals surface area contributed by atoms with Crippen molar-refractivity contribution in [1.29, 1.82) is 0 Å². The van der Waals surface area contributed by atoms with Gasteiger partial charge in [0.15, 0.2) is 0 Å². The van der Waals surface area contributed by atoms with E-state index in [9.17, 15) is 9.90 Å². The maximum absolute atomic E-state index is 12.5. The maximum atomic E-state index is 12.5. The Balaban J connectivity index is 1.98. The molecular weight excluding hydrogens is 290 g/mol. The highest BCUT2D eigenvalue weighted by Gasteiger charge is 2.49. The normalized spacial score (nSPS) is 30.7. The van der Waals surface area contributed by atoms with Gasteiger partial charge in [0.1, 0.15) is 5.75 Å². The van der Waals surface area contributed by atoms with E-state index in [4.69, 9.17) is 4.74 Å². The van der Waals surface area contributed by atoms with Crippen LogP contribution in [0.15, 0.2) is 24.3 Å². The van der Waals surface area contributed by atoms with E-state index in [0.717, 1.165) is 37.0 Å². The van der Waals surface area contributed by atoms with Gasteiger partial charge in [-0.15, -0.1) is 0 Å². The Morgan fingerprint density at radius 1 is 1.30 bits per heavy atom. The number of likely N-dealkylation sites (tertiary alicyclic amines) is 1. The lowest BCUT2D eigenvalue weighted by molar-refractivity contribution is -0.155. The predicted molar refractivity (Wildman–Crippen MR) is 89.3 cm³/mol. The van der Waals surface area contributed by atoms with E-state index in [-0.39, 0.29) is 17.9 Å². The number of carbonyl (C=O) groups is 1. The zero-order chi connectivity index (χ0) is 16.4. The van der Waals surface area contributed by atoms with Gasteiger partial charge < -0.3 is 14.7 Å². The predicted octanol–water partition coefficient (Wildman–Crippen LogP) is 3.30. The molecule has 0 spiro atoms. The Labute approximate surface area is 138 Å². The molecule has 1 amide bonds. The fraction of sp³-hybridized carbons (Fsp3) is 0.632. The first-order chi connectivity index (χ1) is 11.1. The molecule has 4 nitrogen and oxygen atoms in total. The van der Waals surface area contributed by atoms with Gasteiger partial charge in [-0.25, -0.2) is 0 Å². The Kier molecular flexibility index (Phi) is 4.62. The van der Waals surface area contributed by atoms with E-state index in [1.165, 1.54) is 0 Å². The number of methoxy groups -OCH3 is 1. The Morgan fingerprint density at radius 3 is 2.70 bits per heavy atom. The van der Waals surface area contributed by atoms with Gasteiger partial charge in [-0.3, -0.25) is 4.79 Å². The van der Waals surface area contributed by atoms with E-state index < -0.39 is 5.60 Å². The number of rotatable bonds is 3. The van der Waals surface area contributed by atoms with E-state index in [0.29, 0.717) is 19.4 Å². The molecule has 3 atom stereocenters. The zero-order valence-corrected chi connectivity index (χ0v) is 14.1. The van der Waals surface area contributed by atoms with Crippen molar-refractivity contribution < 1.29 is 14.6 Å². The van der Waals surface area contributed by atoms with Crippen molar-refractivity contribution in [3.63, 3.8) is 0 Å². The van der Waals surface area contributed by atoms with E-state index in [1.807, 2.05) is 36.1 Å². The summed E-state index contributed by atoms with van der Waals surface area (Å²) in [5.41, 5.74) is 0.491. The number of nitrogens with zero attached hydrogens (tertiary/aromatic N) is 1. The minimum atomic E-state index is -0.618. The Bertz CT molecular complexity index is 556. The first kappa shape index (κ1) is 16.3. The van der Waals surface area contributed by atoms with Crippen molar-refractivity contribution >= 4 is 5.91 Å². The zero-order valence-electron chi connectivity index (χ0n) is 14.1. The van der Waals surface area contributed by atoms with Gasteiger partial charge in [-0.2, -0.15) is 0 Å². The third-order valence-electron chi connectivity index (χ3n) is 5.65. The topological polar surface area (TPSA) is 49.8 Å². The molecule has 1 heterocycles. The number of amides is 1. The summed E-state index contributed by atoms with van der Waals surface area (Å²) in [6, 6.07) is 7.95. The number of carbonyl (C=O) groups excluding carboxylic acids is 1. The smallest absolute Gasteiger partial charge is 0.222 e. The summed E-state index contributed by atoms with van der Waals surface area (Å²) in [7, 11) is 1.66. The molecule has 23 heavy (non-hydrogen) atoms. The van der Waals surface area contributed by atoms with Gasteiger partial charge >= 0.3 is 0 Å². The second-order valence-corrected chi connectivity index (χ2v) is 6.86. The molecule has 1 N–H and O–H groups in total. The average Bonchev–Trinajstić information content (AvgIpc) is 2.59. The fourth-order valence-corrected chi connectivity index (χ4v) is 4.38. The molecule has 1 aromatic carbocycles. The largest absolute Gasteiger partial charge is 0.497 e. The standard InChI is InChI=1S/C19H27NO3/c1-3-17(21)20-13-12-19(22)11-5-4-6-16(19)18(20)14-7-9-15(23-2)10-8-14/h7-10,16,18,22H,3-6,11-13H2,1-2H3/t16?,18-,19?/m0/s1. The minimum absolute atomic E-state index is 0.0209. The van der Waals surface area contributed by atoms with Gasteiger partial charge in [0.25, 0.3) is 0 Å². The minimum Gasteiger partial charge on any atom is -0.497 e. The molecule has 1 aliphatic carbocycles. The first-order valence-corrected chi connectivity index (χ1v) is 8.75. The lowest BCUT2D eigenvalue weighted by Crippen LogP contribution is -2.56. The number of piperidine rings is 1. The van der Waals surface area contributed by atoms with Crippen molar-refractivity contribution in [2.75, 3.05) is 13.7 Å². The molecule has 2 aliphatic rings. The molecule has 126 valence electrons. The van der Waals surface area contributed by atoms with Crippen molar-refractivity contribution in [3.05, 3.63) is 29.8 Å². The summed E-state index contributed by atoms with van der Waals surface area (Å²) in [6.45, 7) is 2.56. The number of hydrogen-bond acceptors (Lipinski definition) is 3. The number of benzene rings is 1. The van der Waals surface area contributed by atoms with Crippen LogP contribution < -0.4 is 4.74 Å². The van der Waals surface area contributed by atoms with Crippen LogP contribution in [-0.4, -0.2) is 35.2 Å². The summed E-state index contributed by atoms with van der Waals surface area (Å²) < 4.78 is 5.25. The summed E-state index contributed by atoms with van der Waals surface area (Å²) in [5.74, 6) is 1.13. The molecule has 1 aliphatic heterocycles. The van der Waals surface area contributed by atoms with Crippen LogP contribution in [0.3, 0.4) is 0 Å². The molecule has 4 heteroatoms. The summed E-state index contributed by atoms with van der Waals surface area (Å²) >= 11 is 0. The molecule has 3 rings (SSSR count). The van der Waals surface area contributed by atoms with E-state index in [2.05, 4.69) is 0 Å². The van der Waals surface area contributed by atoms with Crippen molar-refractivity contribution in [1.82, 2.24) is 4.90 Å². The van der Waals surface area contributed by atoms with Crippen LogP contribution >= 0.6 is 0 Å². The highest BCUT2D eigenvalue weighted by atomic mass is 16.5. The maximum Gasteiger partial charge on any atom is 0.222 e. The number of fused-ring (bicyclic) bond motifs is 1. The van der Waals surface area contributed by atoms with Crippen LogP contribution in [0.25, 0.3) is 0 Å². The molecule has 2 fully saturated rings. The average molecular weight is 317 g/mol. The molecule has 2 unspecified atom stereocenters. The third-order valence-corrected chi connectivity index (χ3v) is 5.65. The summed E-state index contributed by atoms with van der Waals surface area (Å²) in [4.78, 5) is 14.5. The second-order valence-electron chi connectivity index (χ2n) is 6.86. The highest BCUT2D eigenvalue weighted by Crippen LogP contribution is 2.49. The van der Waals surface area contributed by atoms with Gasteiger partial charge in [0.05, 0.1) is 18.8 Å². The van der Waals surface area contributed by atoms with Gasteiger partial charge in [-0.1, -0.05) is 31.9 Å². The van der Waals surface area contributed by atoms with Crippen molar-refractivity contribution in [2.45, 2.75) is 57.1 Å². The Morgan fingerprint density at radius 2 is 2.04 bits per heavy atom. The van der Waals surface area contributed by atoms with Gasteiger partial charge in [0.2, 0.25) is 5.91 Å². The number of hydrogen-bond donors (Lipinski definition) is 1. The molecular formula is C19H27NO3. The van der Waals surface area contributed by atoms with Crippen LogP contribution in [0, 0.1) is 5.92 Å². The third kappa shape index (κ3) is 2.97. The fourth-order valence-electron chi connectivity index (χ4n) is 4.38. The SMILES string of the molecule is CCC(=O)N1CCC2(O)CCCCC2[C@@H]1c1ccc(OC)cc1. The quantitative estimate of drug-likeness (QED) is 0.930. The highest BCUT2D eigenvalue weighted by molar-refractivity contribution is 5.76. The lowest BCUT2D eigenvalue weighted by atomic mass is 9.66. The van der Waals surface area contributed by atoms with Crippen LogP contribution in [0.2, 0.25) is 0 Å².